The number of rotatable bonds is 4. The summed E-state index contributed by atoms with van der Waals surface area (Å²) in [4.78, 5) is 16.9. The number of aryl methyl sites for hydroxylation is 2. The minimum atomic E-state index is -3.18. The van der Waals surface area contributed by atoms with Gasteiger partial charge in [0, 0.05) is 18.3 Å². The second-order valence-corrected chi connectivity index (χ2v) is 9.98. The third kappa shape index (κ3) is 3.59. The molecule has 2 aromatic rings. The lowest BCUT2D eigenvalue weighted by Gasteiger charge is -2.43. The summed E-state index contributed by atoms with van der Waals surface area (Å²) >= 11 is 0. The first-order chi connectivity index (χ1) is 13.4. The predicted molar refractivity (Wildman–Crippen MR) is 111 cm³/mol. The number of sulfone groups is 1. The van der Waals surface area contributed by atoms with E-state index in [-0.39, 0.29) is 36.0 Å². The molecule has 1 amide bonds. The Kier molecular flexibility index (Phi) is 5.02. The lowest BCUT2D eigenvalue weighted by atomic mass is 10.0. The molecule has 148 valence electrons. The number of amides is 1. The van der Waals surface area contributed by atoms with Gasteiger partial charge < -0.3 is 4.90 Å². The molecule has 28 heavy (non-hydrogen) atoms. The maximum absolute atomic E-state index is 13.1. The highest BCUT2D eigenvalue weighted by molar-refractivity contribution is 7.91. The molecule has 2 aromatic carbocycles. The van der Waals surface area contributed by atoms with Crippen molar-refractivity contribution in [2.75, 3.05) is 23.0 Å². The van der Waals surface area contributed by atoms with Crippen molar-refractivity contribution >= 4 is 21.4 Å². The average Bonchev–Trinajstić information content (AvgIpc) is 2.99. The molecule has 2 atom stereocenters. The molecule has 4 rings (SSSR count). The van der Waals surface area contributed by atoms with Gasteiger partial charge in [0.15, 0.2) is 9.84 Å². The Morgan fingerprint density at radius 1 is 1.00 bits per heavy atom. The van der Waals surface area contributed by atoms with Gasteiger partial charge in [0.05, 0.1) is 24.1 Å². The topological polar surface area (TPSA) is 57.7 Å². The van der Waals surface area contributed by atoms with Crippen LogP contribution in [0.15, 0.2) is 48.5 Å². The molecular formula is C22H26N2O3S. The smallest absolute Gasteiger partial charge is 0.241 e. The normalized spacial score (nSPS) is 24.4. The Morgan fingerprint density at radius 3 is 2.36 bits per heavy atom. The summed E-state index contributed by atoms with van der Waals surface area (Å²) in [5.41, 5.74) is 4.29. The van der Waals surface area contributed by atoms with Gasteiger partial charge in [-0.2, -0.15) is 0 Å². The van der Waals surface area contributed by atoms with E-state index in [9.17, 15) is 13.2 Å². The van der Waals surface area contributed by atoms with Crippen LogP contribution in [0.3, 0.4) is 0 Å². The number of anilines is 1. The van der Waals surface area contributed by atoms with Crippen LogP contribution < -0.4 is 4.90 Å². The van der Waals surface area contributed by atoms with E-state index in [1.54, 1.807) is 4.90 Å². The molecule has 2 fully saturated rings. The molecule has 2 aliphatic heterocycles. The van der Waals surface area contributed by atoms with Gasteiger partial charge in [-0.05, 0) is 42.2 Å². The Bertz CT molecular complexity index is 985. The first kappa shape index (κ1) is 19.2. The number of hydrogen-bond donors (Lipinski definition) is 0. The van der Waals surface area contributed by atoms with E-state index in [1.165, 1.54) is 5.56 Å². The van der Waals surface area contributed by atoms with Crippen molar-refractivity contribution in [3.05, 3.63) is 65.2 Å². The van der Waals surface area contributed by atoms with Crippen LogP contribution in [0.4, 0.5) is 5.69 Å². The van der Waals surface area contributed by atoms with Crippen LogP contribution in [-0.4, -0.2) is 49.4 Å². The summed E-state index contributed by atoms with van der Waals surface area (Å²) in [5.74, 6) is 0.111. The summed E-state index contributed by atoms with van der Waals surface area (Å²) in [6.45, 7) is 4.97. The first-order valence-corrected chi connectivity index (χ1v) is 11.6. The lowest BCUT2D eigenvalue weighted by Crippen LogP contribution is -2.61. The second-order valence-electron chi connectivity index (χ2n) is 7.83. The second kappa shape index (κ2) is 7.33. The van der Waals surface area contributed by atoms with E-state index < -0.39 is 9.84 Å². The fourth-order valence-corrected chi connectivity index (χ4v) is 6.35. The number of carbonyl (C=O) groups is 1. The van der Waals surface area contributed by atoms with Gasteiger partial charge in [-0.25, -0.2) is 8.42 Å². The van der Waals surface area contributed by atoms with Gasteiger partial charge in [0.2, 0.25) is 5.91 Å². The highest BCUT2D eigenvalue weighted by Crippen LogP contribution is 2.33. The molecule has 2 saturated heterocycles. The minimum Gasteiger partial charge on any atom is -0.306 e. The summed E-state index contributed by atoms with van der Waals surface area (Å²) in [6.07, 6.45) is 0.929. The summed E-state index contributed by atoms with van der Waals surface area (Å²) in [6, 6.07) is 15.5. The number of carbonyl (C=O) groups excluding carboxylic acids is 1. The standard InChI is InChI=1S/C22H26N2O3S/c1-3-17-8-10-19(11-9-17)24-21-15-28(26,27)14-20(21)23(13-22(24)25)12-18-7-5-4-6-16(18)2/h4-11,20-21H,3,12-15H2,1-2H3/t20-,21+/m0/s1. The maximum Gasteiger partial charge on any atom is 0.241 e. The van der Waals surface area contributed by atoms with E-state index in [0.717, 1.165) is 23.2 Å². The molecule has 6 heteroatoms. The maximum atomic E-state index is 13.1. The first-order valence-electron chi connectivity index (χ1n) is 9.78. The molecule has 0 aromatic heterocycles. The largest absolute Gasteiger partial charge is 0.306 e. The molecule has 2 aliphatic rings. The molecule has 5 nitrogen and oxygen atoms in total. The molecule has 0 aliphatic carbocycles. The number of fused-ring (bicyclic) bond motifs is 1. The Labute approximate surface area is 166 Å². The van der Waals surface area contributed by atoms with Crippen molar-refractivity contribution in [2.45, 2.75) is 38.9 Å². The Morgan fingerprint density at radius 2 is 1.68 bits per heavy atom. The molecule has 0 spiro atoms. The lowest BCUT2D eigenvalue weighted by molar-refractivity contribution is -0.123. The van der Waals surface area contributed by atoms with Gasteiger partial charge in [-0.3, -0.25) is 9.69 Å². The van der Waals surface area contributed by atoms with Gasteiger partial charge in [-0.15, -0.1) is 0 Å². The summed E-state index contributed by atoms with van der Waals surface area (Å²) in [7, 11) is -3.18. The Balaban J connectivity index is 1.66. The van der Waals surface area contributed by atoms with Gasteiger partial charge in [-0.1, -0.05) is 43.3 Å². The molecule has 0 N–H and O–H groups in total. The minimum absolute atomic E-state index is 0.0310. The van der Waals surface area contributed by atoms with Gasteiger partial charge >= 0.3 is 0 Å². The van der Waals surface area contributed by atoms with Crippen LogP contribution in [0, 0.1) is 6.92 Å². The summed E-state index contributed by atoms with van der Waals surface area (Å²) < 4.78 is 25.0. The number of piperazine rings is 1. The fraction of sp³-hybridized carbons (Fsp3) is 0.409. The van der Waals surface area contributed by atoms with Crippen LogP contribution in [0.2, 0.25) is 0 Å². The highest BCUT2D eigenvalue weighted by Gasteiger charge is 2.49. The van der Waals surface area contributed by atoms with Crippen molar-refractivity contribution in [3.63, 3.8) is 0 Å². The third-order valence-electron chi connectivity index (χ3n) is 5.96. The average molecular weight is 399 g/mol. The molecule has 0 radical (unpaired) electrons. The SMILES string of the molecule is CCc1ccc(N2C(=O)CN(Cc3ccccc3C)[C@H]3CS(=O)(=O)C[C@H]32)cc1. The molecular weight excluding hydrogens is 372 g/mol. The fourth-order valence-electron chi connectivity index (χ4n) is 4.37. The number of benzene rings is 2. The zero-order valence-corrected chi connectivity index (χ0v) is 17.2. The summed E-state index contributed by atoms with van der Waals surface area (Å²) in [5, 5.41) is 0. The van der Waals surface area contributed by atoms with E-state index in [2.05, 4.69) is 11.8 Å². The van der Waals surface area contributed by atoms with Crippen LogP contribution in [0.25, 0.3) is 0 Å². The molecule has 0 unspecified atom stereocenters. The van der Waals surface area contributed by atoms with Crippen LogP contribution in [-0.2, 0) is 27.6 Å². The van der Waals surface area contributed by atoms with E-state index in [1.807, 2.05) is 55.5 Å². The van der Waals surface area contributed by atoms with Crippen LogP contribution >= 0.6 is 0 Å². The molecule has 0 saturated carbocycles. The highest BCUT2D eigenvalue weighted by atomic mass is 32.2. The Hall–Kier alpha value is -2.18. The van der Waals surface area contributed by atoms with Crippen molar-refractivity contribution in [2.24, 2.45) is 0 Å². The monoisotopic (exact) mass is 398 g/mol. The third-order valence-corrected chi connectivity index (χ3v) is 7.66. The zero-order chi connectivity index (χ0) is 19.9. The van der Waals surface area contributed by atoms with E-state index in [4.69, 9.17) is 0 Å². The van der Waals surface area contributed by atoms with Crippen molar-refractivity contribution in [1.29, 1.82) is 0 Å². The van der Waals surface area contributed by atoms with Crippen LogP contribution in [0.1, 0.15) is 23.6 Å². The van der Waals surface area contributed by atoms with E-state index >= 15 is 0 Å². The van der Waals surface area contributed by atoms with Crippen molar-refractivity contribution < 1.29 is 13.2 Å². The molecule has 2 heterocycles. The molecule has 0 bridgehead atoms. The van der Waals surface area contributed by atoms with E-state index in [0.29, 0.717) is 6.54 Å². The van der Waals surface area contributed by atoms with Gasteiger partial charge in [0.1, 0.15) is 0 Å². The van der Waals surface area contributed by atoms with Crippen LogP contribution in [0.5, 0.6) is 0 Å². The number of hydrogen-bond acceptors (Lipinski definition) is 4. The van der Waals surface area contributed by atoms with Gasteiger partial charge in [0.25, 0.3) is 0 Å². The number of nitrogens with zero attached hydrogens (tertiary/aromatic N) is 2. The quantitative estimate of drug-likeness (QED) is 0.794. The van der Waals surface area contributed by atoms with Crippen molar-refractivity contribution in [3.8, 4) is 0 Å². The van der Waals surface area contributed by atoms with Crippen molar-refractivity contribution in [1.82, 2.24) is 4.90 Å². The zero-order valence-electron chi connectivity index (χ0n) is 16.3. The predicted octanol–water partition coefficient (Wildman–Crippen LogP) is 2.57.